The van der Waals surface area contributed by atoms with Crippen LogP contribution in [0.4, 0.5) is 0 Å². The number of carbonyl (C=O) groups excluding carboxylic acids is 1. The molecule has 0 spiro atoms. The van der Waals surface area contributed by atoms with Crippen LogP contribution in [0.1, 0.15) is 11.3 Å². The van der Waals surface area contributed by atoms with E-state index >= 15 is 0 Å². The van der Waals surface area contributed by atoms with Crippen LogP contribution in [0.15, 0.2) is 69.6 Å². The Morgan fingerprint density at radius 1 is 1.07 bits per heavy atom. The number of nitrogens with zero attached hydrogens (tertiary/aromatic N) is 1. The third-order valence-electron chi connectivity index (χ3n) is 4.24. The van der Waals surface area contributed by atoms with E-state index < -0.39 is 0 Å². The number of methoxy groups -OCH3 is 1. The zero-order chi connectivity index (χ0) is 18.6. The first-order valence-electron chi connectivity index (χ1n) is 8.56. The van der Waals surface area contributed by atoms with Gasteiger partial charge < -0.3 is 19.0 Å². The minimum Gasteiger partial charge on any atom is -0.496 e. The van der Waals surface area contributed by atoms with Crippen LogP contribution in [0.2, 0.25) is 0 Å². The van der Waals surface area contributed by atoms with Gasteiger partial charge in [0.15, 0.2) is 5.76 Å². The van der Waals surface area contributed by atoms with Crippen molar-refractivity contribution < 1.29 is 18.5 Å². The molecule has 0 fully saturated rings. The molecule has 0 atom stereocenters. The number of furan rings is 1. The SMILES string of the molecule is COc1ccccc1CNC(=O)Cc1cc(-c2cc3ccccc3o2)on1. The molecule has 6 heteroatoms. The fourth-order valence-electron chi connectivity index (χ4n) is 2.88. The molecule has 1 amide bonds. The van der Waals surface area contributed by atoms with Gasteiger partial charge in [-0.1, -0.05) is 41.6 Å². The molecular weight excluding hydrogens is 344 g/mol. The minimum absolute atomic E-state index is 0.124. The average Bonchev–Trinajstić information content (AvgIpc) is 3.33. The molecule has 6 nitrogen and oxygen atoms in total. The van der Waals surface area contributed by atoms with E-state index in [4.69, 9.17) is 13.7 Å². The zero-order valence-electron chi connectivity index (χ0n) is 14.8. The summed E-state index contributed by atoms with van der Waals surface area (Å²) >= 11 is 0. The van der Waals surface area contributed by atoms with Crippen LogP contribution in [0.3, 0.4) is 0 Å². The molecule has 1 N–H and O–H groups in total. The molecule has 0 saturated heterocycles. The van der Waals surface area contributed by atoms with E-state index in [-0.39, 0.29) is 12.3 Å². The third-order valence-corrected chi connectivity index (χ3v) is 4.24. The molecule has 0 aliphatic rings. The fraction of sp³-hybridized carbons (Fsp3) is 0.143. The van der Waals surface area contributed by atoms with Gasteiger partial charge in [-0.2, -0.15) is 0 Å². The van der Waals surface area contributed by atoms with Gasteiger partial charge in [-0.05, 0) is 18.2 Å². The molecule has 0 radical (unpaired) electrons. The quantitative estimate of drug-likeness (QED) is 0.562. The highest BCUT2D eigenvalue weighted by Crippen LogP contribution is 2.28. The van der Waals surface area contributed by atoms with Crippen LogP contribution in [0.5, 0.6) is 5.75 Å². The Labute approximate surface area is 155 Å². The highest BCUT2D eigenvalue weighted by molar-refractivity contribution is 5.82. The first-order valence-corrected chi connectivity index (χ1v) is 8.56. The summed E-state index contributed by atoms with van der Waals surface area (Å²) in [5, 5.41) is 7.83. The predicted octanol–water partition coefficient (Wildman–Crippen LogP) is 3.96. The smallest absolute Gasteiger partial charge is 0.226 e. The van der Waals surface area contributed by atoms with Gasteiger partial charge in [0.1, 0.15) is 11.3 Å². The topological polar surface area (TPSA) is 77.5 Å². The molecule has 4 aromatic rings. The zero-order valence-corrected chi connectivity index (χ0v) is 14.8. The van der Waals surface area contributed by atoms with Crippen molar-refractivity contribution in [2.24, 2.45) is 0 Å². The van der Waals surface area contributed by atoms with Gasteiger partial charge in [-0.15, -0.1) is 0 Å². The van der Waals surface area contributed by atoms with Gasteiger partial charge >= 0.3 is 0 Å². The lowest BCUT2D eigenvalue weighted by molar-refractivity contribution is -0.120. The van der Waals surface area contributed by atoms with E-state index in [1.165, 1.54) is 0 Å². The summed E-state index contributed by atoms with van der Waals surface area (Å²) < 4.78 is 16.4. The Bertz CT molecular complexity index is 1050. The number of hydrogen-bond acceptors (Lipinski definition) is 5. The second-order valence-corrected chi connectivity index (χ2v) is 6.10. The maximum absolute atomic E-state index is 12.2. The van der Waals surface area contributed by atoms with Gasteiger partial charge in [0.2, 0.25) is 11.7 Å². The number of carbonyl (C=O) groups is 1. The Morgan fingerprint density at radius 2 is 1.89 bits per heavy atom. The minimum atomic E-state index is -0.148. The summed E-state index contributed by atoms with van der Waals surface area (Å²) in [4.78, 5) is 12.2. The molecule has 2 aromatic heterocycles. The van der Waals surface area contributed by atoms with E-state index in [9.17, 15) is 4.79 Å². The second-order valence-electron chi connectivity index (χ2n) is 6.10. The summed E-state index contributed by atoms with van der Waals surface area (Å²) in [5.74, 6) is 1.68. The van der Waals surface area contributed by atoms with Crippen molar-refractivity contribution in [3.63, 3.8) is 0 Å². The van der Waals surface area contributed by atoms with Gasteiger partial charge in [0, 0.05) is 23.6 Å². The van der Waals surface area contributed by atoms with E-state index in [0.29, 0.717) is 23.8 Å². The average molecular weight is 362 g/mol. The maximum Gasteiger partial charge on any atom is 0.226 e. The first kappa shape index (κ1) is 16.9. The van der Waals surface area contributed by atoms with Crippen molar-refractivity contribution in [3.8, 4) is 17.3 Å². The van der Waals surface area contributed by atoms with Crippen molar-refractivity contribution in [1.29, 1.82) is 0 Å². The fourth-order valence-corrected chi connectivity index (χ4v) is 2.88. The summed E-state index contributed by atoms with van der Waals surface area (Å²) in [6.45, 7) is 0.386. The summed E-state index contributed by atoms with van der Waals surface area (Å²) in [6.07, 6.45) is 0.124. The maximum atomic E-state index is 12.2. The van der Waals surface area contributed by atoms with Crippen LogP contribution in [-0.4, -0.2) is 18.2 Å². The largest absolute Gasteiger partial charge is 0.496 e. The normalized spacial score (nSPS) is 10.9. The van der Waals surface area contributed by atoms with Crippen LogP contribution in [0.25, 0.3) is 22.5 Å². The van der Waals surface area contributed by atoms with Crippen molar-refractivity contribution in [2.75, 3.05) is 7.11 Å². The van der Waals surface area contributed by atoms with Crippen LogP contribution in [0, 0.1) is 0 Å². The number of ether oxygens (including phenoxy) is 1. The van der Waals surface area contributed by atoms with E-state index in [1.54, 1.807) is 13.2 Å². The molecule has 0 saturated carbocycles. The number of rotatable bonds is 6. The molecular formula is C21H18N2O4. The van der Waals surface area contributed by atoms with Crippen LogP contribution < -0.4 is 10.1 Å². The van der Waals surface area contributed by atoms with Gasteiger partial charge in [-0.3, -0.25) is 4.79 Å². The summed E-state index contributed by atoms with van der Waals surface area (Å²) in [5.41, 5.74) is 2.24. The van der Waals surface area contributed by atoms with Crippen LogP contribution >= 0.6 is 0 Å². The first-order chi connectivity index (χ1) is 13.2. The number of hydrogen-bond donors (Lipinski definition) is 1. The lowest BCUT2D eigenvalue weighted by Crippen LogP contribution is -2.24. The lowest BCUT2D eigenvalue weighted by atomic mass is 10.2. The number of benzene rings is 2. The third kappa shape index (κ3) is 3.69. The highest BCUT2D eigenvalue weighted by atomic mass is 16.5. The Hall–Kier alpha value is -3.54. The van der Waals surface area contributed by atoms with Crippen molar-refractivity contribution in [2.45, 2.75) is 13.0 Å². The molecule has 0 bridgehead atoms. The Balaban J connectivity index is 1.40. The molecule has 4 rings (SSSR count). The number of nitrogens with one attached hydrogen (secondary N) is 1. The lowest BCUT2D eigenvalue weighted by Gasteiger charge is -2.08. The Morgan fingerprint density at radius 3 is 2.74 bits per heavy atom. The summed E-state index contributed by atoms with van der Waals surface area (Å²) in [6, 6.07) is 18.9. The van der Waals surface area contributed by atoms with Crippen molar-refractivity contribution in [3.05, 3.63) is 71.9 Å². The standard InChI is InChI=1S/C21H18N2O4/c1-25-17-8-4-3-7-15(17)13-22-21(24)12-16-11-20(27-23-16)19-10-14-6-2-5-9-18(14)26-19/h2-11H,12-13H2,1H3,(H,22,24). The van der Waals surface area contributed by atoms with Crippen molar-refractivity contribution >= 4 is 16.9 Å². The number of fused-ring (bicyclic) bond motifs is 1. The highest BCUT2D eigenvalue weighted by Gasteiger charge is 2.14. The molecule has 2 aromatic carbocycles. The van der Waals surface area contributed by atoms with Crippen LogP contribution in [-0.2, 0) is 17.8 Å². The second kappa shape index (κ2) is 7.37. The number of para-hydroxylation sites is 2. The number of aromatic nitrogens is 1. The van der Waals surface area contributed by atoms with Crippen molar-refractivity contribution in [1.82, 2.24) is 10.5 Å². The monoisotopic (exact) mass is 362 g/mol. The molecule has 0 aliphatic heterocycles. The molecule has 0 aliphatic carbocycles. The summed E-state index contributed by atoms with van der Waals surface area (Å²) in [7, 11) is 1.61. The molecule has 2 heterocycles. The Kier molecular flexibility index (Phi) is 4.61. The molecule has 0 unspecified atom stereocenters. The van der Waals surface area contributed by atoms with E-state index in [1.807, 2.05) is 54.6 Å². The van der Waals surface area contributed by atoms with E-state index in [2.05, 4.69) is 10.5 Å². The van der Waals surface area contributed by atoms with Gasteiger partial charge in [0.05, 0.1) is 19.2 Å². The molecule has 27 heavy (non-hydrogen) atoms. The molecule has 136 valence electrons. The van der Waals surface area contributed by atoms with E-state index in [0.717, 1.165) is 22.3 Å². The van der Waals surface area contributed by atoms with Gasteiger partial charge in [-0.25, -0.2) is 0 Å². The number of amides is 1. The van der Waals surface area contributed by atoms with Gasteiger partial charge in [0.25, 0.3) is 0 Å². The predicted molar refractivity (Wildman–Crippen MR) is 100 cm³/mol.